The van der Waals surface area contributed by atoms with Gasteiger partial charge < -0.3 is 85.0 Å². The first-order valence-corrected chi connectivity index (χ1v) is 27.2. The van der Waals surface area contributed by atoms with Gasteiger partial charge in [0.15, 0.2) is 6.61 Å². The highest BCUT2D eigenvalue weighted by Gasteiger charge is 2.37. The van der Waals surface area contributed by atoms with Crippen molar-refractivity contribution in [3.63, 3.8) is 0 Å². The maximum absolute atomic E-state index is 11.2. The molecule has 0 aliphatic heterocycles. The Morgan fingerprint density at radius 3 is 1.19 bits per heavy atom. The highest BCUT2D eigenvalue weighted by Crippen LogP contribution is 2.24. The number of carbonyl (C=O) groups is 2. The lowest BCUT2D eigenvalue weighted by molar-refractivity contribution is -0.160. The van der Waals surface area contributed by atoms with Crippen LogP contribution in [0.3, 0.4) is 0 Å². The van der Waals surface area contributed by atoms with Gasteiger partial charge in [-0.3, -0.25) is 9.59 Å². The van der Waals surface area contributed by atoms with Crippen LogP contribution in [0.2, 0.25) is 0 Å². The van der Waals surface area contributed by atoms with E-state index in [0.29, 0.717) is 103 Å². The summed E-state index contributed by atoms with van der Waals surface area (Å²) < 4.78 is 25.1. The van der Waals surface area contributed by atoms with Crippen molar-refractivity contribution < 1.29 is 94.6 Å². The third-order valence-corrected chi connectivity index (χ3v) is 13.4. The van der Waals surface area contributed by atoms with Crippen molar-refractivity contribution in [3.8, 4) is 36.4 Å². The minimum absolute atomic E-state index is 0.0573. The second kappa shape index (κ2) is 59.7. The molecule has 0 amide bonds. The summed E-state index contributed by atoms with van der Waals surface area (Å²) in [6.45, 7) is 9.12. The molecule has 0 heterocycles. The van der Waals surface area contributed by atoms with Crippen LogP contribution in [0.15, 0.2) is 0 Å². The van der Waals surface area contributed by atoms with Crippen molar-refractivity contribution in [3.05, 3.63) is 0 Å². The van der Waals surface area contributed by atoms with Crippen LogP contribution in [0.5, 0.6) is 0 Å². The van der Waals surface area contributed by atoms with Crippen molar-refractivity contribution >= 4 is 23.7 Å². The summed E-state index contributed by atoms with van der Waals surface area (Å²) in [6.07, 6.45) is 6.14. The summed E-state index contributed by atoms with van der Waals surface area (Å²) in [7, 11) is 0. The Bertz CT molecular complexity index is 1640. The summed E-state index contributed by atoms with van der Waals surface area (Å²) in [5, 5.41) is 157. The van der Waals surface area contributed by atoms with Gasteiger partial charge in [0, 0.05) is 60.2 Å². The molecule has 0 saturated heterocycles. The molecule has 0 rings (SSSR count). The summed E-state index contributed by atoms with van der Waals surface area (Å²) >= 11 is 1.48. The third kappa shape index (κ3) is 45.0. The molecule has 1 unspecified atom stereocenters. The number of ether oxygens (including phenoxy) is 5. The van der Waals surface area contributed by atoms with Crippen LogP contribution in [-0.2, 0) is 33.3 Å². The molecule has 0 aromatic heterocycles. The molecular formula is C53H96N6O19S. The van der Waals surface area contributed by atoms with E-state index in [4.69, 9.17) is 112 Å². The van der Waals surface area contributed by atoms with Crippen molar-refractivity contribution in [2.75, 3.05) is 137 Å². The lowest BCUT2D eigenvalue weighted by atomic mass is 9.87. The molecule has 0 aromatic rings. The van der Waals surface area contributed by atoms with Crippen molar-refractivity contribution in [2.45, 2.75) is 124 Å². The number of carbonyl (C=O) groups excluding carboxylic acids is 2. The fourth-order valence-electron chi connectivity index (χ4n) is 5.05. The Kier molecular flexibility index (Phi) is 65.0. The monoisotopic (exact) mass is 1150 g/mol. The van der Waals surface area contributed by atoms with Crippen LogP contribution in [0, 0.1) is 95.1 Å². The van der Waals surface area contributed by atoms with Crippen molar-refractivity contribution in [1.29, 1.82) is 31.6 Å². The Balaban J connectivity index is -0.000000203. The van der Waals surface area contributed by atoms with Crippen LogP contribution in [0.4, 0.5) is 0 Å². The molecule has 0 spiro atoms. The fraction of sp³-hybridized carbons (Fsp3) is 0.849. The average Bonchev–Trinajstić information content (AvgIpc) is 3.49. The normalized spacial score (nSPS) is 11.2. The van der Waals surface area contributed by atoms with Gasteiger partial charge in [-0.05, 0) is 51.4 Å². The minimum atomic E-state index is -1.27. The topological polar surface area (TPSA) is 466 Å². The summed E-state index contributed by atoms with van der Waals surface area (Å²) in [6, 6.07) is 11.3. The predicted octanol–water partition coefficient (Wildman–Crippen LogP) is 1.31. The van der Waals surface area contributed by atoms with E-state index in [0.717, 1.165) is 18.6 Å². The first kappa shape index (κ1) is 85.9. The number of nitrogens with zero attached hydrogens (tertiary/aromatic N) is 6. The maximum Gasteiger partial charge on any atom is 0.320 e. The molecule has 0 radical (unpaired) electrons. The van der Waals surface area contributed by atoms with E-state index in [1.165, 1.54) is 11.8 Å². The average molecular weight is 1150 g/mol. The number of hydrogen-bond acceptors (Lipinski definition) is 26. The second-order valence-electron chi connectivity index (χ2n) is 18.1. The number of nitriles is 6. The van der Waals surface area contributed by atoms with E-state index in [1.807, 2.05) is 39.0 Å². The van der Waals surface area contributed by atoms with Gasteiger partial charge in [0.05, 0.1) is 147 Å². The quantitative estimate of drug-likeness (QED) is 0.0304. The number of rotatable bonds is 40. The molecule has 0 saturated carbocycles. The zero-order valence-electron chi connectivity index (χ0n) is 47.4. The number of unbranched alkanes of at least 4 members (excludes halogenated alkanes) is 3. The second-order valence-corrected chi connectivity index (χ2v) is 19.3. The number of aliphatic hydroxyl groups is 12. The van der Waals surface area contributed by atoms with E-state index in [1.54, 1.807) is 26.0 Å². The lowest BCUT2D eigenvalue weighted by Crippen LogP contribution is -2.39. The van der Waals surface area contributed by atoms with E-state index in [-0.39, 0.29) is 85.5 Å². The highest BCUT2D eigenvalue weighted by atomic mass is 32.2. The number of hydrogen-bond donors (Lipinski definition) is 12. The van der Waals surface area contributed by atoms with Crippen LogP contribution in [0.1, 0.15) is 118 Å². The Labute approximate surface area is 473 Å². The fourth-order valence-corrected chi connectivity index (χ4v) is 5.83. The molecule has 0 aromatic carbocycles. The maximum atomic E-state index is 11.2. The Morgan fingerprint density at radius 1 is 0.456 bits per heavy atom. The van der Waals surface area contributed by atoms with Crippen LogP contribution in [-0.4, -0.2) is 216 Å². The minimum Gasteiger partial charge on any atom is -0.464 e. The molecule has 26 heteroatoms. The Morgan fingerprint density at radius 2 is 0.848 bits per heavy atom. The van der Waals surface area contributed by atoms with E-state index in [9.17, 15) is 9.59 Å². The molecule has 0 aliphatic carbocycles. The molecule has 12 N–H and O–H groups in total. The third-order valence-electron chi connectivity index (χ3n) is 12.3. The standard InChI is InChI=1S/C11H21NO3.C10H19NO3.C9H15NO4.C9H17NO3.C8H13NO4.C6H11NO2S/c1-2-11(8-13,9-14)10-15-7-5-3-4-6-12;1-2-10(7-12,8-13)9-14-6-4-3-5-11;1-2-9(5-11,6-12)7-14-8(13)3-4-10;1-2-9(6-11,7-12)8-13-5-3-4-10;1-2-8(5-10,6-11)7(12)13-4-3-9;7-2-1-3-10-5-6(9)4-8/h13-14H,2-5,7-10H2,1H3;12-13H,2-4,6-9H2,1H3;11-12H,2-3,5-7H2,1H3;11-12H,2-3,5-8H2,1H3;10-11H,2,4-6H2,1H3;6,8-9H,1,3-5H2. The summed E-state index contributed by atoms with van der Waals surface area (Å²) in [5.41, 5.74) is -3.63. The molecule has 25 nitrogen and oxygen atoms in total. The zero-order chi connectivity index (χ0) is 61.8. The van der Waals surface area contributed by atoms with Gasteiger partial charge in [0.25, 0.3) is 0 Å². The SMILES string of the molecule is CCC(CO)(CO)C(=O)OCC#N.CCC(CO)(CO)COC(=O)CC#N.CCC(CO)(CO)COCCC#N.CCC(CO)(CO)COCCCC#N.CCC(CO)(CO)COCCCCC#N.N#CCCSCC(O)CO. The predicted molar refractivity (Wildman–Crippen MR) is 290 cm³/mol. The van der Waals surface area contributed by atoms with E-state index < -0.39 is 58.3 Å². The van der Waals surface area contributed by atoms with Crippen LogP contribution >= 0.6 is 11.8 Å². The molecule has 1 atom stereocenters. The van der Waals surface area contributed by atoms with Gasteiger partial charge in [-0.1, -0.05) is 34.6 Å². The smallest absolute Gasteiger partial charge is 0.320 e. The van der Waals surface area contributed by atoms with Gasteiger partial charge in [-0.15, -0.1) is 0 Å². The number of esters is 2. The largest absolute Gasteiger partial charge is 0.464 e. The van der Waals surface area contributed by atoms with Gasteiger partial charge in [0.1, 0.15) is 24.5 Å². The van der Waals surface area contributed by atoms with E-state index in [2.05, 4.69) is 10.8 Å². The van der Waals surface area contributed by atoms with Crippen molar-refractivity contribution in [1.82, 2.24) is 0 Å². The Hall–Kier alpha value is -4.37. The van der Waals surface area contributed by atoms with Crippen molar-refractivity contribution in [2.24, 2.45) is 27.1 Å². The highest BCUT2D eigenvalue weighted by molar-refractivity contribution is 7.99. The molecule has 79 heavy (non-hydrogen) atoms. The van der Waals surface area contributed by atoms with Crippen LogP contribution in [0.25, 0.3) is 0 Å². The molecular weight excluding hydrogens is 1060 g/mol. The van der Waals surface area contributed by atoms with Gasteiger partial charge >= 0.3 is 11.9 Å². The summed E-state index contributed by atoms with van der Waals surface area (Å²) in [5.74, 6) is -0.125. The lowest BCUT2D eigenvalue weighted by Gasteiger charge is -2.27. The molecule has 0 bridgehead atoms. The van der Waals surface area contributed by atoms with E-state index >= 15 is 0 Å². The zero-order valence-corrected chi connectivity index (χ0v) is 48.3. The van der Waals surface area contributed by atoms with Gasteiger partial charge in [-0.25, -0.2) is 0 Å². The summed E-state index contributed by atoms with van der Waals surface area (Å²) in [4.78, 5) is 22.1. The van der Waals surface area contributed by atoms with Gasteiger partial charge in [0.2, 0.25) is 0 Å². The first-order chi connectivity index (χ1) is 37.8. The van der Waals surface area contributed by atoms with Gasteiger partial charge in [-0.2, -0.15) is 43.3 Å². The molecule has 458 valence electrons. The number of thioether (sulfide) groups is 1. The van der Waals surface area contributed by atoms with Crippen LogP contribution < -0.4 is 0 Å². The molecule has 0 fully saturated rings. The number of aliphatic hydroxyl groups excluding tert-OH is 12. The molecule has 0 aliphatic rings. The first-order valence-electron chi connectivity index (χ1n) is 26.1.